The molecule has 1 aromatic rings. The fourth-order valence-electron chi connectivity index (χ4n) is 0.904. The molecule has 0 bridgehead atoms. The normalized spacial score (nSPS) is 11.6. The fraction of sp³-hybridized carbons (Fsp3) is 0.400. The van der Waals surface area contributed by atoms with Crippen molar-refractivity contribution in [2.24, 2.45) is 0 Å². The lowest BCUT2D eigenvalue weighted by Gasteiger charge is -2.18. The maximum atomic E-state index is 3.40. The first-order chi connectivity index (χ1) is 5.00. The molecule has 0 amide bonds. The summed E-state index contributed by atoms with van der Waals surface area (Å²) in [5.41, 5.74) is 1.57. The van der Waals surface area contributed by atoms with E-state index in [4.69, 9.17) is 0 Å². The first kappa shape index (κ1) is 8.79. The van der Waals surface area contributed by atoms with E-state index in [1.807, 2.05) is 6.07 Å². The molecule has 0 aliphatic rings. The molecule has 0 aliphatic heterocycles. The maximum Gasteiger partial charge on any atom is 0.0257 e. The van der Waals surface area contributed by atoms with Crippen LogP contribution in [0.25, 0.3) is 0 Å². The Morgan fingerprint density at radius 3 is 2.36 bits per heavy atom. The molecule has 0 aliphatic carbocycles. The molecule has 1 rings (SSSR count). The summed E-state index contributed by atoms with van der Waals surface area (Å²) in [5, 5.41) is 0. The lowest BCUT2D eigenvalue weighted by molar-refractivity contribution is 0.590. The Labute approximate surface area is 76.8 Å². The van der Waals surface area contributed by atoms with Crippen molar-refractivity contribution < 1.29 is 0 Å². The van der Waals surface area contributed by atoms with Gasteiger partial charge in [-0.05, 0) is 23.1 Å². The molecule has 0 fully saturated rings. The zero-order chi connectivity index (χ0) is 8.48. The Bertz CT molecular complexity index is 245. The monoisotopic (exact) mass is 211 g/mol. The van der Waals surface area contributed by atoms with E-state index in [0.29, 0.717) is 0 Å². The highest BCUT2D eigenvalue weighted by Crippen LogP contribution is 2.24. The average Bonchev–Trinajstić information content (AvgIpc) is 1.86. The van der Waals surface area contributed by atoms with Crippen molar-refractivity contribution in [3.8, 4) is 0 Å². The summed E-state index contributed by atoms with van der Waals surface area (Å²) < 4.78 is 1.03. The summed E-state index contributed by atoms with van der Waals surface area (Å²) in [4.78, 5) is 0. The number of hydrogen-bond acceptors (Lipinski definition) is 0. The van der Waals surface area contributed by atoms with Crippen LogP contribution < -0.4 is 0 Å². The molecule has 0 atom stereocenters. The van der Waals surface area contributed by atoms with Gasteiger partial charge in [0.15, 0.2) is 0 Å². The summed E-state index contributed by atoms with van der Waals surface area (Å²) in [6, 6.07) is 9.22. The topological polar surface area (TPSA) is 0 Å². The van der Waals surface area contributed by atoms with Gasteiger partial charge in [0, 0.05) is 4.47 Å². The summed E-state index contributed by atoms with van der Waals surface area (Å²) in [6.07, 6.45) is 0. The quantitative estimate of drug-likeness (QED) is 0.616. The molecule has 0 unspecified atom stereocenters. The van der Waals surface area contributed by atoms with Crippen LogP contribution in [0, 0.1) is 6.07 Å². The average molecular weight is 212 g/mol. The summed E-state index contributed by atoms with van der Waals surface area (Å²) in [5.74, 6) is 0. The molecule has 1 aromatic carbocycles. The third-order valence-corrected chi connectivity index (χ3v) is 2.09. The van der Waals surface area contributed by atoms with Crippen LogP contribution in [-0.2, 0) is 5.41 Å². The Hall–Kier alpha value is -0.300. The van der Waals surface area contributed by atoms with E-state index in [2.05, 4.69) is 54.9 Å². The van der Waals surface area contributed by atoms with Crippen LogP contribution in [0.2, 0.25) is 0 Å². The van der Waals surface area contributed by atoms with Crippen molar-refractivity contribution in [1.82, 2.24) is 0 Å². The maximum absolute atomic E-state index is 3.40. The summed E-state index contributed by atoms with van der Waals surface area (Å²) >= 11 is 3.40. The molecule has 59 valence electrons. The Morgan fingerprint density at radius 1 is 1.36 bits per heavy atom. The minimum Gasteiger partial charge on any atom is -0.0578 e. The first-order valence-electron chi connectivity index (χ1n) is 3.68. The smallest absolute Gasteiger partial charge is 0.0257 e. The SMILES string of the molecule is CC(C)(C)c1cc[c]c(Br)c1. The molecule has 11 heavy (non-hydrogen) atoms. The van der Waals surface area contributed by atoms with Crippen molar-refractivity contribution in [1.29, 1.82) is 0 Å². The molecular weight excluding hydrogens is 200 g/mol. The Kier molecular flexibility index (Phi) is 2.38. The van der Waals surface area contributed by atoms with Crippen LogP contribution in [-0.4, -0.2) is 0 Å². The lowest BCUT2D eigenvalue weighted by atomic mass is 9.87. The molecule has 0 N–H and O–H groups in total. The predicted octanol–water partition coefficient (Wildman–Crippen LogP) is 3.55. The zero-order valence-electron chi connectivity index (χ0n) is 7.11. The summed E-state index contributed by atoms with van der Waals surface area (Å²) in [7, 11) is 0. The first-order valence-corrected chi connectivity index (χ1v) is 4.47. The van der Waals surface area contributed by atoms with Crippen molar-refractivity contribution >= 4 is 15.9 Å². The lowest BCUT2D eigenvalue weighted by Crippen LogP contribution is -2.10. The van der Waals surface area contributed by atoms with E-state index in [1.54, 1.807) is 0 Å². The largest absolute Gasteiger partial charge is 0.0578 e. The third-order valence-electron chi connectivity index (χ3n) is 1.63. The molecule has 0 spiro atoms. The van der Waals surface area contributed by atoms with Crippen LogP contribution >= 0.6 is 15.9 Å². The molecule has 0 saturated heterocycles. The molecule has 0 saturated carbocycles. The number of hydrogen-bond donors (Lipinski definition) is 0. The second kappa shape index (κ2) is 2.98. The Balaban J connectivity index is 3.06. The number of benzene rings is 1. The second-order valence-electron chi connectivity index (χ2n) is 3.68. The van der Waals surface area contributed by atoms with Gasteiger partial charge in [0.05, 0.1) is 0 Å². The van der Waals surface area contributed by atoms with Crippen LogP contribution in [0.5, 0.6) is 0 Å². The minimum atomic E-state index is 0.234. The second-order valence-corrected chi connectivity index (χ2v) is 4.53. The highest BCUT2D eigenvalue weighted by atomic mass is 79.9. The van der Waals surface area contributed by atoms with Crippen LogP contribution in [0.1, 0.15) is 26.3 Å². The van der Waals surface area contributed by atoms with Gasteiger partial charge in [-0.2, -0.15) is 0 Å². The summed E-state index contributed by atoms with van der Waals surface area (Å²) in [6.45, 7) is 6.61. The van der Waals surface area contributed by atoms with Gasteiger partial charge in [-0.25, -0.2) is 0 Å². The van der Waals surface area contributed by atoms with Crippen molar-refractivity contribution in [2.75, 3.05) is 0 Å². The molecule has 1 heteroatoms. The van der Waals surface area contributed by atoms with E-state index in [9.17, 15) is 0 Å². The van der Waals surface area contributed by atoms with E-state index in [-0.39, 0.29) is 5.41 Å². The third kappa shape index (κ3) is 2.33. The van der Waals surface area contributed by atoms with Gasteiger partial charge in [-0.3, -0.25) is 0 Å². The van der Waals surface area contributed by atoms with Crippen LogP contribution in [0.15, 0.2) is 22.7 Å². The van der Waals surface area contributed by atoms with Gasteiger partial charge in [0.25, 0.3) is 0 Å². The standard InChI is InChI=1S/C10H12Br/c1-10(2,3)8-5-4-6-9(11)7-8/h4-5,7H,1-3H3. The minimum absolute atomic E-state index is 0.234. The van der Waals surface area contributed by atoms with Gasteiger partial charge in [-0.1, -0.05) is 48.8 Å². The van der Waals surface area contributed by atoms with Gasteiger partial charge in [0.1, 0.15) is 0 Å². The van der Waals surface area contributed by atoms with E-state index < -0.39 is 0 Å². The molecule has 0 nitrogen and oxygen atoms in total. The van der Waals surface area contributed by atoms with Crippen molar-refractivity contribution in [3.05, 3.63) is 34.3 Å². The van der Waals surface area contributed by atoms with Gasteiger partial charge >= 0.3 is 0 Å². The number of rotatable bonds is 0. The number of halogens is 1. The van der Waals surface area contributed by atoms with Crippen molar-refractivity contribution in [3.63, 3.8) is 0 Å². The predicted molar refractivity (Wildman–Crippen MR) is 51.7 cm³/mol. The van der Waals surface area contributed by atoms with Gasteiger partial charge < -0.3 is 0 Å². The van der Waals surface area contributed by atoms with E-state index >= 15 is 0 Å². The van der Waals surface area contributed by atoms with Gasteiger partial charge in [-0.15, -0.1) is 0 Å². The van der Waals surface area contributed by atoms with Crippen molar-refractivity contribution in [2.45, 2.75) is 26.2 Å². The Morgan fingerprint density at radius 2 is 2.00 bits per heavy atom. The van der Waals surface area contributed by atoms with Crippen LogP contribution in [0.3, 0.4) is 0 Å². The fourth-order valence-corrected chi connectivity index (χ4v) is 1.28. The molecule has 0 aromatic heterocycles. The molecular formula is C10H12Br. The highest BCUT2D eigenvalue weighted by molar-refractivity contribution is 9.10. The molecule has 1 radical (unpaired) electrons. The van der Waals surface area contributed by atoms with E-state index in [0.717, 1.165) is 4.47 Å². The van der Waals surface area contributed by atoms with E-state index in [1.165, 1.54) is 5.56 Å². The molecule has 0 heterocycles. The highest BCUT2D eigenvalue weighted by Gasteiger charge is 2.12. The van der Waals surface area contributed by atoms with Gasteiger partial charge in [0.2, 0.25) is 0 Å². The van der Waals surface area contributed by atoms with Crippen LogP contribution in [0.4, 0.5) is 0 Å². The zero-order valence-corrected chi connectivity index (χ0v) is 8.70.